The van der Waals surface area contributed by atoms with Crippen molar-refractivity contribution < 1.29 is 80.2 Å². The molecule has 0 heterocycles. The number of unbranched alkanes of at least 4 members (excludes halogenated alkanes) is 31. The molecule has 0 saturated carbocycles. The summed E-state index contributed by atoms with van der Waals surface area (Å²) < 4.78 is 68.2. The summed E-state index contributed by atoms with van der Waals surface area (Å²) >= 11 is 0. The zero-order valence-electron chi connectivity index (χ0n) is 56.6. The van der Waals surface area contributed by atoms with Crippen molar-refractivity contribution in [2.24, 2.45) is 23.7 Å². The molecule has 0 fully saturated rings. The van der Waals surface area contributed by atoms with Crippen LogP contribution in [0, 0.1) is 23.7 Å². The first-order chi connectivity index (χ1) is 41.6. The fraction of sp³-hybridized carbons (Fsp3) is 0.941. The van der Waals surface area contributed by atoms with Gasteiger partial charge in [-0.2, -0.15) is 0 Å². The van der Waals surface area contributed by atoms with Gasteiger partial charge in [-0.25, -0.2) is 9.13 Å². The molecule has 0 aliphatic carbocycles. The van der Waals surface area contributed by atoms with Crippen LogP contribution in [0.2, 0.25) is 0 Å². The van der Waals surface area contributed by atoms with Crippen molar-refractivity contribution >= 4 is 39.5 Å². The van der Waals surface area contributed by atoms with Crippen LogP contribution in [0.5, 0.6) is 0 Å². The fourth-order valence-electron chi connectivity index (χ4n) is 10.1. The summed E-state index contributed by atoms with van der Waals surface area (Å²) in [6, 6.07) is 0. The molecule has 516 valence electrons. The Balaban J connectivity index is 5.25. The average Bonchev–Trinajstić information content (AvgIpc) is 3.68. The molecule has 0 aromatic rings. The highest BCUT2D eigenvalue weighted by atomic mass is 31.2. The molecule has 0 spiro atoms. The first kappa shape index (κ1) is 85.1. The minimum Gasteiger partial charge on any atom is -0.462 e. The second-order valence-corrected chi connectivity index (χ2v) is 29.4. The Hall–Kier alpha value is -1.94. The molecule has 0 aliphatic heterocycles. The Morgan fingerprint density at radius 1 is 0.287 bits per heavy atom. The Kier molecular flexibility index (Phi) is 56.6. The molecule has 0 rings (SSSR count). The van der Waals surface area contributed by atoms with E-state index >= 15 is 0 Å². The van der Waals surface area contributed by atoms with E-state index in [2.05, 4.69) is 55.4 Å². The molecule has 0 aromatic heterocycles. The zero-order valence-corrected chi connectivity index (χ0v) is 58.4. The molecular weight excluding hydrogens is 1150 g/mol. The van der Waals surface area contributed by atoms with E-state index in [9.17, 15) is 43.2 Å². The van der Waals surface area contributed by atoms with E-state index in [1.54, 1.807) is 0 Å². The van der Waals surface area contributed by atoms with Crippen molar-refractivity contribution in [1.82, 2.24) is 0 Å². The molecule has 0 bridgehead atoms. The highest BCUT2D eigenvalue weighted by molar-refractivity contribution is 7.47. The topological polar surface area (TPSA) is 237 Å². The molecule has 17 nitrogen and oxygen atoms in total. The van der Waals surface area contributed by atoms with Gasteiger partial charge in [-0.05, 0) is 49.4 Å². The lowest BCUT2D eigenvalue weighted by Gasteiger charge is -2.21. The fourth-order valence-corrected chi connectivity index (χ4v) is 11.7. The number of hydrogen-bond donors (Lipinski definition) is 3. The SMILES string of the molecule is CC(C)CCCCCCCCCCCCCCC(=O)O[C@H](COC(=O)CCCCCCCCCC(C)C)COP(=O)(O)OCC(O)COP(=O)(O)OC[C@@H](COC(=O)CCCCCCCCCCC(C)C)OC(=O)CCCCCCCCCCC(C)C. The highest BCUT2D eigenvalue weighted by Crippen LogP contribution is 2.45. The Morgan fingerprint density at radius 3 is 0.713 bits per heavy atom. The van der Waals surface area contributed by atoms with Gasteiger partial charge in [0.2, 0.25) is 0 Å². The second-order valence-electron chi connectivity index (χ2n) is 26.5. The molecule has 87 heavy (non-hydrogen) atoms. The van der Waals surface area contributed by atoms with E-state index in [1.165, 1.54) is 128 Å². The number of carbonyl (C=O) groups excluding carboxylic acids is 4. The van der Waals surface area contributed by atoms with Gasteiger partial charge in [0.25, 0.3) is 0 Å². The molecule has 0 aliphatic rings. The van der Waals surface area contributed by atoms with Crippen LogP contribution < -0.4 is 0 Å². The van der Waals surface area contributed by atoms with Crippen molar-refractivity contribution in [3.8, 4) is 0 Å². The molecule has 0 amide bonds. The summed E-state index contributed by atoms with van der Waals surface area (Å²) in [6.45, 7) is 14.0. The van der Waals surface area contributed by atoms with E-state index in [4.69, 9.17) is 37.0 Å². The van der Waals surface area contributed by atoms with E-state index in [0.29, 0.717) is 31.6 Å². The van der Waals surface area contributed by atoms with Gasteiger partial charge in [0.1, 0.15) is 19.3 Å². The first-order valence-electron chi connectivity index (χ1n) is 35.2. The lowest BCUT2D eigenvalue weighted by Crippen LogP contribution is -2.30. The summed E-state index contributed by atoms with van der Waals surface area (Å²) in [5, 5.41) is 10.6. The number of hydrogen-bond acceptors (Lipinski definition) is 15. The van der Waals surface area contributed by atoms with Crippen LogP contribution in [0.15, 0.2) is 0 Å². The van der Waals surface area contributed by atoms with Gasteiger partial charge < -0.3 is 33.8 Å². The number of esters is 4. The van der Waals surface area contributed by atoms with Crippen LogP contribution in [0.3, 0.4) is 0 Å². The first-order valence-corrected chi connectivity index (χ1v) is 38.2. The standard InChI is InChI=1S/C68H132O17P2/c1-58(2)44-36-28-20-13-11-9-10-12-14-25-34-42-50-67(72)84-64(55-79-66(71)49-41-33-27-19-23-31-39-47-61(7)8)57-83-87(76,77)81-53-62(69)52-80-86(74,75)82-56-63(85-68(73)51-43-35-26-18-16-22-30-38-46-60(5)6)54-78-65(70)48-40-32-24-17-15-21-29-37-45-59(3)4/h58-64,69H,9-57H2,1-8H3,(H,74,75)(H,76,77)/t62?,63-,64-/m1/s1. The third-order valence-electron chi connectivity index (χ3n) is 15.6. The van der Waals surface area contributed by atoms with Gasteiger partial charge in [0, 0.05) is 25.7 Å². The molecule has 5 atom stereocenters. The van der Waals surface area contributed by atoms with Gasteiger partial charge in [-0.15, -0.1) is 0 Å². The number of phosphoric ester groups is 2. The van der Waals surface area contributed by atoms with Crippen LogP contribution in [-0.2, 0) is 65.4 Å². The number of rotatable bonds is 65. The van der Waals surface area contributed by atoms with Gasteiger partial charge >= 0.3 is 39.5 Å². The molecule has 19 heteroatoms. The molecule has 0 aromatic carbocycles. The Bertz CT molecular complexity index is 1730. The highest BCUT2D eigenvalue weighted by Gasteiger charge is 2.30. The quantitative estimate of drug-likeness (QED) is 0.0222. The van der Waals surface area contributed by atoms with Crippen molar-refractivity contribution in [2.45, 2.75) is 350 Å². The third-order valence-corrected chi connectivity index (χ3v) is 17.5. The monoisotopic (exact) mass is 1280 g/mol. The van der Waals surface area contributed by atoms with Crippen LogP contribution in [0.1, 0.15) is 331 Å². The maximum atomic E-state index is 13.0. The normalized spacial score (nSPS) is 14.3. The minimum atomic E-state index is -4.95. The maximum Gasteiger partial charge on any atom is 0.472 e. The van der Waals surface area contributed by atoms with E-state index in [0.717, 1.165) is 114 Å². The molecular formula is C68H132O17P2. The molecule has 3 N–H and O–H groups in total. The predicted octanol–water partition coefficient (Wildman–Crippen LogP) is 18.9. The van der Waals surface area contributed by atoms with E-state index in [1.807, 2.05) is 0 Å². The van der Waals surface area contributed by atoms with Crippen molar-refractivity contribution in [2.75, 3.05) is 39.6 Å². The Labute approximate surface area is 530 Å². The summed E-state index contributed by atoms with van der Waals surface area (Å²) in [4.78, 5) is 72.4. The number of phosphoric acid groups is 2. The zero-order chi connectivity index (χ0) is 64.7. The summed E-state index contributed by atoms with van der Waals surface area (Å²) in [6.07, 6.45) is 39.1. The van der Waals surface area contributed by atoms with Crippen LogP contribution >= 0.6 is 15.6 Å². The van der Waals surface area contributed by atoms with Crippen molar-refractivity contribution in [3.63, 3.8) is 0 Å². The number of carbonyl (C=O) groups is 4. The molecule has 3 unspecified atom stereocenters. The molecule has 0 saturated heterocycles. The van der Waals surface area contributed by atoms with Crippen LogP contribution in [0.25, 0.3) is 0 Å². The largest absolute Gasteiger partial charge is 0.472 e. The van der Waals surface area contributed by atoms with Crippen LogP contribution in [-0.4, -0.2) is 96.7 Å². The Morgan fingerprint density at radius 2 is 0.483 bits per heavy atom. The van der Waals surface area contributed by atoms with Crippen LogP contribution in [0.4, 0.5) is 0 Å². The number of aliphatic hydroxyl groups excluding tert-OH is 1. The van der Waals surface area contributed by atoms with Gasteiger partial charge in [0.05, 0.1) is 26.4 Å². The maximum absolute atomic E-state index is 13.0. The summed E-state index contributed by atoms with van der Waals surface area (Å²) in [5.74, 6) is 0.792. The molecule has 0 radical (unpaired) electrons. The minimum absolute atomic E-state index is 0.103. The van der Waals surface area contributed by atoms with E-state index in [-0.39, 0.29) is 25.7 Å². The predicted molar refractivity (Wildman–Crippen MR) is 349 cm³/mol. The summed E-state index contributed by atoms with van der Waals surface area (Å²) in [5.41, 5.74) is 0. The average molecular weight is 1280 g/mol. The van der Waals surface area contributed by atoms with Crippen molar-refractivity contribution in [1.29, 1.82) is 0 Å². The van der Waals surface area contributed by atoms with Gasteiger partial charge in [-0.1, -0.05) is 280 Å². The second kappa shape index (κ2) is 57.9. The van der Waals surface area contributed by atoms with Crippen molar-refractivity contribution in [3.05, 3.63) is 0 Å². The number of aliphatic hydroxyl groups is 1. The summed E-state index contributed by atoms with van der Waals surface area (Å²) in [7, 11) is -9.90. The van der Waals surface area contributed by atoms with Gasteiger partial charge in [-0.3, -0.25) is 37.3 Å². The van der Waals surface area contributed by atoms with Gasteiger partial charge in [0.15, 0.2) is 12.2 Å². The lowest BCUT2D eigenvalue weighted by molar-refractivity contribution is -0.161. The smallest absolute Gasteiger partial charge is 0.462 e. The lowest BCUT2D eigenvalue weighted by atomic mass is 10.0. The van der Waals surface area contributed by atoms with E-state index < -0.39 is 97.5 Å². The number of ether oxygens (including phenoxy) is 4. The third kappa shape index (κ3) is 62.6.